The molecule has 0 saturated carbocycles. The van der Waals surface area contributed by atoms with Crippen LogP contribution in [0.5, 0.6) is 0 Å². The summed E-state index contributed by atoms with van der Waals surface area (Å²) in [6.45, 7) is 3.63. The average Bonchev–Trinajstić information content (AvgIpc) is 3.84. The number of carbonyl (C=O) groups is 7. The van der Waals surface area contributed by atoms with Gasteiger partial charge in [-0.25, -0.2) is 4.79 Å². The van der Waals surface area contributed by atoms with Gasteiger partial charge in [0, 0.05) is 19.6 Å². The summed E-state index contributed by atoms with van der Waals surface area (Å²) in [5, 5.41) is 26.6. The van der Waals surface area contributed by atoms with Crippen LogP contribution in [0.4, 0.5) is 0 Å². The summed E-state index contributed by atoms with van der Waals surface area (Å²) in [5.74, 6) is -3.60. The van der Waals surface area contributed by atoms with Gasteiger partial charge >= 0.3 is 5.97 Å². The Labute approximate surface area is 285 Å². The van der Waals surface area contributed by atoms with Crippen LogP contribution < -0.4 is 21.7 Å². The van der Waals surface area contributed by atoms with Crippen molar-refractivity contribution in [2.24, 2.45) is 11.7 Å². The molecule has 0 aliphatic carbocycles. The van der Waals surface area contributed by atoms with Gasteiger partial charge in [0.25, 0.3) is 0 Å². The van der Waals surface area contributed by atoms with E-state index in [0.717, 1.165) is 0 Å². The van der Waals surface area contributed by atoms with Gasteiger partial charge in [-0.15, -0.1) is 0 Å². The number of nitrogens with zero attached hydrogens (tertiary/aromatic N) is 3. The largest absolute Gasteiger partial charge is 0.480 e. The van der Waals surface area contributed by atoms with Gasteiger partial charge in [0.2, 0.25) is 35.4 Å². The Bertz CT molecular complexity index is 1200. The van der Waals surface area contributed by atoms with E-state index < -0.39 is 84.9 Å². The van der Waals surface area contributed by atoms with Crippen LogP contribution >= 0.6 is 11.8 Å². The Morgan fingerprint density at radius 1 is 0.833 bits per heavy atom. The maximum atomic E-state index is 13.8. The molecule has 0 unspecified atom stereocenters. The van der Waals surface area contributed by atoms with Crippen LogP contribution in [0.25, 0.3) is 0 Å². The van der Waals surface area contributed by atoms with Crippen LogP contribution in [0.2, 0.25) is 0 Å². The van der Waals surface area contributed by atoms with E-state index in [1.807, 2.05) is 20.1 Å². The van der Waals surface area contributed by atoms with Crippen molar-refractivity contribution in [3.63, 3.8) is 0 Å². The number of carbonyl (C=O) groups excluding carboxylic acids is 6. The Morgan fingerprint density at radius 3 is 1.98 bits per heavy atom. The number of carboxylic acid groups (broad SMARTS) is 1. The van der Waals surface area contributed by atoms with Crippen molar-refractivity contribution >= 4 is 53.2 Å². The first-order chi connectivity index (χ1) is 22.8. The summed E-state index contributed by atoms with van der Waals surface area (Å²) in [7, 11) is 0. The van der Waals surface area contributed by atoms with Gasteiger partial charge in [-0.05, 0) is 69.3 Å². The summed E-state index contributed by atoms with van der Waals surface area (Å²) in [4.78, 5) is 95.0. The number of aliphatic carboxylic acids is 1. The highest BCUT2D eigenvalue weighted by Crippen LogP contribution is 2.26. The zero-order valence-corrected chi connectivity index (χ0v) is 28.8. The topological polar surface area (TPSA) is 232 Å². The lowest BCUT2D eigenvalue weighted by Crippen LogP contribution is -2.58. The zero-order valence-electron chi connectivity index (χ0n) is 28.0. The first-order valence-electron chi connectivity index (χ1n) is 16.7. The lowest BCUT2D eigenvalue weighted by molar-refractivity contribution is -0.149. The maximum absolute atomic E-state index is 13.8. The number of thioether (sulfide) groups is 1. The molecule has 0 aromatic carbocycles. The van der Waals surface area contributed by atoms with E-state index in [1.54, 1.807) is 0 Å². The number of amides is 6. The highest BCUT2D eigenvalue weighted by atomic mass is 32.2. The number of likely N-dealkylation sites (tertiary alicyclic amines) is 3. The molecule has 6 amide bonds. The van der Waals surface area contributed by atoms with Crippen LogP contribution in [-0.4, -0.2) is 147 Å². The third kappa shape index (κ3) is 10.0. The van der Waals surface area contributed by atoms with Gasteiger partial charge in [0.05, 0.1) is 13.2 Å². The molecule has 0 spiro atoms. The molecule has 3 heterocycles. The van der Waals surface area contributed by atoms with Crippen molar-refractivity contribution in [3.05, 3.63) is 0 Å². The number of rotatable bonds is 16. The summed E-state index contributed by atoms with van der Waals surface area (Å²) in [6.07, 6.45) is 5.23. The first-order valence-corrected chi connectivity index (χ1v) is 18.1. The van der Waals surface area contributed by atoms with E-state index in [1.165, 1.54) is 26.5 Å². The fourth-order valence-corrected chi connectivity index (χ4v) is 7.02. The summed E-state index contributed by atoms with van der Waals surface area (Å²) in [6, 6.07) is -5.69. The van der Waals surface area contributed by atoms with Gasteiger partial charge < -0.3 is 46.6 Å². The monoisotopic (exact) mass is 697 g/mol. The Kier molecular flexibility index (Phi) is 14.9. The lowest BCUT2D eigenvalue weighted by Gasteiger charge is -2.33. The molecule has 3 saturated heterocycles. The predicted molar refractivity (Wildman–Crippen MR) is 176 cm³/mol. The molecule has 3 rings (SSSR count). The van der Waals surface area contributed by atoms with Crippen molar-refractivity contribution in [2.45, 2.75) is 101 Å². The zero-order chi connectivity index (χ0) is 35.5. The van der Waals surface area contributed by atoms with Gasteiger partial charge in [0.1, 0.15) is 36.3 Å². The van der Waals surface area contributed by atoms with Crippen molar-refractivity contribution in [1.82, 2.24) is 30.7 Å². The van der Waals surface area contributed by atoms with E-state index in [2.05, 4.69) is 16.0 Å². The molecule has 3 fully saturated rings. The maximum Gasteiger partial charge on any atom is 0.326 e. The number of nitrogens with two attached hydrogens (primary N) is 1. The van der Waals surface area contributed by atoms with E-state index in [9.17, 15) is 43.8 Å². The Balaban J connectivity index is 1.62. The second-order valence-corrected chi connectivity index (χ2v) is 14.0. The second-order valence-electron chi connectivity index (χ2n) is 13.0. The second kappa shape index (κ2) is 18.4. The molecule has 16 nitrogen and oxygen atoms in total. The highest BCUT2D eigenvalue weighted by molar-refractivity contribution is 7.98. The summed E-state index contributed by atoms with van der Waals surface area (Å²) in [5.41, 5.74) is 5.64. The van der Waals surface area contributed by atoms with Crippen molar-refractivity contribution in [1.29, 1.82) is 0 Å². The molecule has 0 bridgehead atoms. The summed E-state index contributed by atoms with van der Waals surface area (Å²) < 4.78 is 0. The smallest absolute Gasteiger partial charge is 0.326 e. The molecule has 6 atom stereocenters. The molecule has 48 heavy (non-hydrogen) atoms. The number of nitrogens with one attached hydrogen (secondary N) is 3. The van der Waals surface area contributed by atoms with Gasteiger partial charge in [-0.2, -0.15) is 11.8 Å². The van der Waals surface area contributed by atoms with Crippen molar-refractivity contribution in [2.75, 3.05) is 44.8 Å². The fourth-order valence-electron chi connectivity index (χ4n) is 6.55. The standard InChI is InChI=1S/C31H51N7O9S/c1-18(2)15-21(29(44)38-13-6-9-24(38)31(46)47)34-25(40)16-33-27(42)22-7-4-11-36(22)30(45)23-8-5-12-37(23)28(43)20(10-14-48-3)35-26(41)19(32)17-39/h18-24,39H,4-17,32H2,1-3H3,(H,33,42)(H,34,40)(H,35,41)(H,46,47)/t19-,20-,21-,22-,23-,24-/m0/s1. The molecule has 7 N–H and O–H groups in total. The molecule has 0 aromatic heterocycles. The van der Waals surface area contributed by atoms with E-state index in [-0.39, 0.29) is 18.4 Å². The molecule has 17 heteroatoms. The summed E-state index contributed by atoms with van der Waals surface area (Å²) >= 11 is 1.49. The quantitative estimate of drug-likeness (QED) is 0.106. The lowest BCUT2D eigenvalue weighted by atomic mass is 10.0. The molecule has 0 aromatic rings. The van der Waals surface area contributed by atoms with Gasteiger partial charge in [-0.3, -0.25) is 28.8 Å². The molecule has 3 aliphatic heterocycles. The number of aliphatic hydroxyl groups excluding tert-OH is 1. The fraction of sp³-hybridized carbons (Fsp3) is 0.774. The van der Waals surface area contributed by atoms with Crippen LogP contribution in [0.1, 0.15) is 65.2 Å². The minimum Gasteiger partial charge on any atom is -0.480 e. The normalized spacial score (nSPS) is 22.7. The van der Waals surface area contributed by atoms with Gasteiger partial charge in [-0.1, -0.05) is 13.8 Å². The predicted octanol–water partition coefficient (Wildman–Crippen LogP) is -1.75. The van der Waals surface area contributed by atoms with Crippen LogP contribution in [0.3, 0.4) is 0 Å². The Morgan fingerprint density at radius 2 is 1.40 bits per heavy atom. The average molecular weight is 698 g/mol. The number of hydrogen-bond acceptors (Lipinski definition) is 10. The number of hydrogen-bond donors (Lipinski definition) is 6. The number of carboxylic acids is 1. The van der Waals surface area contributed by atoms with E-state index in [4.69, 9.17) is 5.73 Å². The van der Waals surface area contributed by atoms with Crippen LogP contribution in [-0.2, 0) is 33.6 Å². The highest BCUT2D eigenvalue weighted by Gasteiger charge is 2.44. The van der Waals surface area contributed by atoms with Gasteiger partial charge in [0.15, 0.2) is 0 Å². The first kappa shape index (κ1) is 39.0. The van der Waals surface area contributed by atoms with E-state index in [0.29, 0.717) is 70.2 Å². The molecule has 3 aliphatic rings. The molecule has 270 valence electrons. The minimum atomic E-state index is -1.19. The molecule has 0 radical (unpaired) electrons. The minimum absolute atomic E-state index is 0.0232. The third-order valence-electron chi connectivity index (χ3n) is 9.00. The SMILES string of the molecule is CSCC[C@H](NC(=O)[C@@H](N)CO)C(=O)N1CCC[C@H]1C(=O)N1CCC[C@H]1C(=O)NCC(=O)N[C@@H](CC(C)C)C(=O)N1CCC[C@H]1C(=O)O. The molecular weight excluding hydrogens is 646 g/mol. The van der Waals surface area contributed by atoms with Crippen molar-refractivity contribution in [3.8, 4) is 0 Å². The van der Waals surface area contributed by atoms with Crippen molar-refractivity contribution < 1.29 is 43.8 Å². The molecular formula is C31H51N7O9S. The van der Waals surface area contributed by atoms with Crippen LogP contribution in [0, 0.1) is 5.92 Å². The number of aliphatic hydroxyl groups is 1. The van der Waals surface area contributed by atoms with Crippen LogP contribution in [0.15, 0.2) is 0 Å². The third-order valence-corrected chi connectivity index (χ3v) is 9.65. The van der Waals surface area contributed by atoms with E-state index >= 15 is 0 Å². The Hall–Kier alpha value is -3.44.